The van der Waals surface area contributed by atoms with Gasteiger partial charge in [-0.25, -0.2) is 0 Å². The van der Waals surface area contributed by atoms with Crippen LogP contribution in [0.5, 0.6) is 0 Å². The highest BCUT2D eigenvalue weighted by atomic mass is 16.5. The van der Waals surface area contributed by atoms with E-state index in [4.69, 9.17) is 9.47 Å². The maximum atomic E-state index is 12.6. The second-order valence-electron chi connectivity index (χ2n) is 16.8. The second kappa shape index (κ2) is 43.0. The van der Waals surface area contributed by atoms with Gasteiger partial charge in [0.1, 0.15) is 0 Å². The quantitative estimate of drug-likeness (QED) is 0.0492. The predicted octanol–water partition coefficient (Wildman–Crippen LogP) is 13.8. The lowest BCUT2D eigenvalue weighted by Crippen LogP contribution is -2.29. The number of esters is 2. The van der Waals surface area contributed by atoms with Crippen molar-refractivity contribution in [3.63, 3.8) is 0 Å². The van der Waals surface area contributed by atoms with Gasteiger partial charge in [-0.15, -0.1) is 0 Å². The van der Waals surface area contributed by atoms with Crippen LogP contribution < -0.4 is 5.32 Å². The van der Waals surface area contributed by atoms with Crippen molar-refractivity contribution in [1.29, 1.82) is 0 Å². The third-order valence-corrected chi connectivity index (χ3v) is 11.4. The molecule has 6 nitrogen and oxygen atoms in total. The first-order valence-corrected chi connectivity index (χ1v) is 24.2. The van der Waals surface area contributed by atoms with Gasteiger partial charge in [0.05, 0.1) is 13.2 Å². The fourth-order valence-corrected chi connectivity index (χ4v) is 7.71. The minimum atomic E-state index is 0.00112. The fraction of sp³-hybridized carbons (Fsp3) is 0.958. The number of rotatable bonds is 44. The Hall–Kier alpha value is -1.14. The van der Waals surface area contributed by atoms with Crippen molar-refractivity contribution >= 4 is 11.9 Å². The molecule has 0 saturated heterocycles. The summed E-state index contributed by atoms with van der Waals surface area (Å²) in [7, 11) is 2.02. The molecule has 0 amide bonds. The number of hydrogen-bond donors (Lipinski definition) is 1. The highest BCUT2D eigenvalue weighted by Crippen LogP contribution is 2.21. The molecule has 0 fully saturated rings. The third-order valence-electron chi connectivity index (χ3n) is 11.4. The van der Waals surface area contributed by atoms with Gasteiger partial charge in [0.15, 0.2) is 0 Å². The summed E-state index contributed by atoms with van der Waals surface area (Å²) in [5.74, 6) is 1.07. The van der Waals surface area contributed by atoms with Gasteiger partial charge >= 0.3 is 11.9 Å². The van der Waals surface area contributed by atoms with Crippen LogP contribution >= 0.6 is 0 Å². The Morgan fingerprint density at radius 1 is 0.426 bits per heavy atom. The van der Waals surface area contributed by atoms with Crippen LogP contribution in [0.25, 0.3) is 0 Å². The lowest BCUT2D eigenvalue weighted by Gasteiger charge is -2.22. The van der Waals surface area contributed by atoms with E-state index in [1.54, 1.807) is 0 Å². The van der Waals surface area contributed by atoms with E-state index in [1.165, 1.54) is 154 Å². The number of ether oxygens (including phenoxy) is 2. The van der Waals surface area contributed by atoms with Gasteiger partial charge in [-0.1, -0.05) is 169 Å². The first-order chi connectivity index (χ1) is 26.5. The van der Waals surface area contributed by atoms with Crippen LogP contribution in [0.3, 0.4) is 0 Å². The first kappa shape index (κ1) is 52.9. The number of carbonyl (C=O) groups excluding carboxylic acids is 2. The highest BCUT2D eigenvalue weighted by molar-refractivity contribution is 5.69. The van der Waals surface area contributed by atoms with Gasteiger partial charge < -0.3 is 19.7 Å². The average molecular weight is 765 g/mol. The van der Waals surface area contributed by atoms with Crippen LogP contribution in [0.4, 0.5) is 0 Å². The normalized spacial score (nSPS) is 12.7. The van der Waals surface area contributed by atoms with Crippen LogP contribution in [-0.4, -0.2) is 63.3 Å². The zero-order valence-corrected chi connectivity index (χ0v) is 37.3. The van der Waals surface area contributed by atoms with Gasteiger partial charge in [0, 0.05) is 12.8 Å². The Kier molecular flexibility index (Phi) is 42.1. The summed E-state index contributed by atoms with van der Waals surface area (Å²) in [5.41, 5.74) is 0. The third kappa shape index (κ3) is 37.8. The van der Waals surface area contributed by atoms with Crippen molar-refractivity contribution in [3.8, 4) is 0 Å². The molecule has 0 bridgehead atoms. The smallest absolute Gasteiger partial charge is 0.305 e. The van der Waals surface area contributed by atoms with Crippen LogP contribution in [0.1, 0.15) is 240 Å². The van der Waals surface area contributed by atoms with Crippen LogP contribution in [0, 0.1) is 11.8 Å². The van der Waals surface area contributed by atoms with Gasteiger partial charge in [-0.05, 0) is 103 Å². The molecule has 0 aliphatic rings. The molecule has 0 heterocycles. The Balaban J connectivity index is 4.39. The van der Waals surface area contributed by atoms with E-state index < -0.39 is 0 Å². The molecule has 0 aromatic heterocycles. The van der Waals surface area contributed by atoms with E-state index in [1.807, 2.05) is 7.05 Å². The van der Waals surface area contributed by atoms with Gasteiger partial charge in [-0.2, -0.15) is 0 Å². The van der Waals surface area contributed by atoms with Gasteiger partial charge in [-0.3, -0.25) is 9.59 Å². The molecule has 0 saturated carbocycles. The summed E-state index contributed by atoms with van der Waals surface area (Å²) in [6.45, 7) is 14.6. The summed E-state index contributed by atoms with van der Waals surface area (Å²) >= 11 is 0. The van der Waals surface area contributed by atoms with Crippen LogP contribution in [0.15, 0.2) is 0 Å². The monoisotopic (exact) mass is 765 g/mol. The van der Waals surface area contributed by atoms with E-state index in [9.17, 15) is 9.59 Å². The number of carbonyl (C=O) groups is 2. The van der Waals surface area contributed by atoms with Crippen molar-refractivity contribution in [1.82, 2.24) is 10.2 Å². The molecule has 0 aliphatic heterocycles. The fourth-order valence-electron chi connectivity index (χ4n) is 7.71. The summed E-state index contributed by atoms with van der Waals surface area (Å²) in [6, 6.07) is 0. The van der Waals surface area contributed by atoms with Crippen molar-refractivity contribution in [2.24, 2.45) is 11.8 Å². The summed E-state index contributed by atoms with van der Waals surface area (Å²) in [6.07, 6.45) is 39.5. The minimum absolute atomic E-state index is 0.00112. The molecular weight excluding hydrogens is 669 g/mol. The Labute approximate surface area is 338 Å². The molecule has 322 valence electrons. The summed E-state index contributed by atoms with van der Waals surface area (Å²) < 4.78 is 11.7. The van der Waals surface area contributed by atoms with E-state index >= 15 is 0 Å². The predicted molar refractivity (Wildman–Crippen MR) is 234 cm³/mol. The number of nitrogens with one attached hydrogen (secondary N) is 1. The van der Waals surface area contributed by atoms with Gasteiger partial charge in [0.25, 0.3) is 0 Å². The standard InChI is InChI=1S/C48H96N2O4/c1-6-10-14-18-20-26-35-45(33-24-16-12-8-3)43-53-47(51)37-28-22-30-40-50(42-32-39-49-5)41-31-23-29-38-48(52)54-44-46(34-25-17-13-9-4)36-27-21-19-15-11-7-2/h45-46,49H,6-44H2,1-5H3. The zero-order chi connectivity index (χ0) is 39.6. The Morgan fingerprint density at radius 3 is 1.11 bits per heavy atom. The number of hydrogen-bond acceptors (Lipinski definition) is 6. The van der Waals surface area contributed by atoms with Crippen molar-refractivity contribution in [2.75, 3.05) is 46.4 Å². The SMILES string of the molecule is CCCCCCCCC(CCCCCC)COC(=O)CCCCCN(CCCCCC(=O)OCC(CCCCCC)CCCCCCCC)CCCNC. The largest absolute Gasteiger partial charge is 0.465 e. The second-order valence-corrected chi connectivity index (χ2v) is 16.8. The number of nitrogens with zero attached hydrogens (tertiary/aromatic N) is 1. The lowest BCUT2D eigenvalue weighted by atomic mass is 9.95. The molecule has 2 unspecified atom stereocenters. The first-order valence-electron chi connectivity index (χ1n) is 24.2. The minimum Gasteiger partial charge on any atom is -0.465 e. The Bertz CT molecular complexity index is 720. The highest BCUT2D eigenvalue weighted by Gasteiger charge is 2.14. The van der Waals surface area contributed by atoms with E-state index in [-0.39, 0.29) is 11.9 Å². The molecule has 6 heteroatoms. The van der Waals surface area contributed by atoms with Crippen molar-refractivity contribution < 1.29 is 19.1 Å². The molecule has 54 heavy (non-hydrogen) atoms. The molecule has 0 aromatic rings. The van der Waals surface area contributed by atoms with Crippen molar-refractivity contribution in [2.45, 2.75) is 240 Å². The van der Waals surface area contributed by atoms with E-state index in [2.05, 4.69) is 37.9 Å². The molecule has 2 atom stereocenters. The van der Waals surface area contributed by atoms with Gasteiger partial charge in [0.2, 0.25) is 0 Å². The Morgan fingerprint density at radius 2 is 0.741 bits per heavy atom. The molecular formula is C48H96N2O4. The topological polar surface area (TPSA) is 67.9 Å². The molecule has 0 aliphatic carbocycles. The van der Waals surface area contributed by atoms with E-state index in [0.29, 0.717) is 37.9 Å². The maximum Gasteiger partial charge on any atom is 0.305 e. The summed E-state index contributed by atoms with van der Waals surface area (Å²) in [4.78, 5) is 27.9. The maximum absolute atomic E-state index is 12.6. The van der Waals surface area contributed by atoms with Crippen molar-refractivity contribution in [3.05, 3.63) is 0 Å². The average Bonchev–Trinajstić information content (AvgIpc) is 3.17. The zero-order valence-electron chi connectivity index (χ0n) is 37.3. The van der Waals surface area contributed by atoms with Crippen LogP contribution in [-0.2, 0) is 19.1 Å². The number of unbranched alkanes of at least 4 members (excludes halogenated alkanes) is 20. The lowest BCUT2D eigenvalue weighted by molar-refractivity contribution is -0.146. The molecule has 0 spiro atoms. The van der Waals surface area contributed by atoms with Crippen LogP contribution in [0.2, 0.25) is 0 Å². The molecule has 0 aromatic carbocycles. The molecule has 0 rings (SSSR count). The molecule has 0 radical (unpaired) electrons. The summed E-state index contributed by atoms with van der Waals surface area (Å²) in [5, 5.41) is 3.29. The van der Waals surface area contributed by atoms with E-state index in [0.717, 1.165) is 71.1 Å². The molecule has 1 N–H and O–H groups in total.